The topological polar surface area (TPSA) is 40.1 Å². The van der Waals surface area contributed by atoms with E-state index in [-0.39, 0.29) is 12.0 Å². The van der Waals surface area contributed by atoms with E-state index in [9.17, 15) is 0 Å². The molecular weight excluding hydrogens is 743 g/mol. The molecule has 4 aromatic heterocycles. The molecule has 4 aliphatic rings. The van der Waals surface area contributed by atoms with E-state index in [1.54, 1.807) is 0 Å². The highest BCUT2D eigenvalue weighted by molar-refractivity contribution is 6.05. The maximum absolute atomic E-state index is 5.24. The van der Waals surface area contributed by atoms with Crippen molar-refractivity contribution < 1.29 is 0 Å². The predicted molar refractivity (Wildman–Crippen MR) is 251 cm³/mol. The Bertz CT molecular complexity index is 3620. The fraction of sp³-hybridized carbons (Fsp3) is 0.143. The largest absolute Gasteiger partial charge is 0.316 e. The van der Waals surface area contributed by atoms with Gasteiger partial charge in [0.1, 0.15) is 11.5 Å². The molecule has 10 aromatic rings. The number of rotatable bonds is 3. The molecule has 0 fully saturated rings. The van der Waals surface area contributed by atoms with Crippen LogP contribution < -0.4 is 0 Å². The molecule has 2 atom stereocenters. The van der Waals surface area contributed by atoms with Crippen molar-refractivity contribution >= 4 is 55.5 Å². The number of imidazole rings is 2. The molecule has 1 aliphatic heterocycles. The van der Waals surface area contributed by atoms with E-state index in [0.717, 1.165) is 48.2 Å². The maximum Gasteiger partial charge on any atom is 0.146 e. The Morgan fingerprint density at radius 1 is 0.557 bits per heavy atom. The van der Waals surface area contributed by atoms with Gasteiger partial charge in [-0.05, 0) is 144 Å². The lowest BCUT2D eigenvalue weighted by Gasteiger charge is -2.34. The van der Waals surface area contributed by atoms with Crippen molar-refractivity contribution in [3.05, 3.63) is 186 Å². The zero-order valence-electron chi connectivity index (χ0n) is 33.7. The van der Waals surface area contributed by atoms with Gasteiger partial charge in [0.2, 0.25) is 0 Å². The summed E-state index contributed by atoms with van der Waals surface area (Å²) >= 11 is 0. The van der Waals surface area contributed by atoms with Crippen LogP contribution in [0.2, 0.25) is 0 Å². The monoisotopic (exact) mass is 783 g/mol. The average molecular weight is 784 g/mol. The molecule has 0 bridgehead atoms. The summed E-state index contributed by atoms with van der Waals surface area (Å²) in [6, 6.07) is 47.9. The molecule has 290 valence electrons. The molecule has 3 aliphatic carbocycles. The molecule has 0 saturated carbocycles. The van der Waals surface area contributed by atoms with E-state index < -0.39 is 0 Å². The van der Waals surface area contributed by atoms with E-state index in [1.807, 2.05) is 0 Å². The van der Waals surface area contributed by atoms with Crippen LogP contribution >= 0.6 is 0 Å². The molecule has 5 nitrogen and oxygen atoms in total. The van der Waals surface area contributed by atoms with Crippen LogP contribution in [0.4, 0.5) is 0 Å². The highest BCUT2D eigenvalue weighted by atomic mass is 15.1. The minimum atomic E-state index is 0.173. The molecule has 5 heterocycles. The second-order valence-electron chi connectivity index (χ2n) is 17.5. The van der Waals surface area contributed by atoms with E-state index in [1.165, 1.54) is 107 Å². The Kier molecular flexibility index (Phi) is 6.96. The van der Waals surface area contributed by atoms with Crippen molar-refractivity contribution in [1.82, 2.24) is 23.5 Å². The first kappa shape index (κ1) is 33.6. The molecule has 2 unspecified atom stereocenters. The Labute approximate surface area is 353 Å². The van der Waals surface area contributed by atoms with Gasteiger partial charge in [0.15, 0.2) is 0 Å². The van der Waals surface area contributed by atoms with Gasteiger partial charge >= 0.3 is 0 Å². The summed E-state index contributed by atoms with van der Waals surface area (Å²) in [6.45, 7) is 0. The molecule has 0 spiro atoms. The van der Waals surface area contributed by atoms with E-state index >= 15 is 0 Å². The number of allylic oxidation sites excluding steroid dienone is 5. The van der Waals surface area contributed by atoms with Gasteiger partial charge in [-0.25, -0.2) is 9.97 Å². The highest BCUT2D eigenvalue weighted by Gasteiger charge is 2.34. The molecule has 0 radical (unpaired) electrons. The molecule has 0 N–H and O–H groups in total. The normalized spacial score (nSPS) is 17.6. The lowest BCUT2D eigenvalue weighted by atomic mass is 9.80. The van der Waals surface area contributed by atoms with E-state index in [4.69, 9.17) is 9.97 Å². The number of nitrogens with zero attached hydrogens (tertiary/aromatic N) is 5. The van der Waals surface area contributed by atoms with Gasteiger partial charge in [0.05, 0.1) is 33.6 Å². The minimum Gasteiger partial charge on any atom is -0.316 e. The van der Waals surface area contributed by atoms with Gasteiger partial charge < -0.3 is 9.13 Å². The molecule has 6 aromatic carbocycles. The zero-order valence-corrected chi connectivity index (χ0v) is 33.7. The molecular formula is C56H41N5. The van der Waals surface area contributed by atoms with Gasteiger partial charge in [0.25, 0.3) is 0 Å². The van der Waals surface area contributed by atoms with Crippen molar-refractivity contribution in [3.63, 3.8) is 0 Å². The van der Waals surface area contributed by atoms with E-state index in [2.05, 4.69) is 177 Å². The fourth-order valence-corrected chi connectivity index (χ4v) is 11.5. The molecule has 14 rings (SSSR count). The van der Waals surface area contributed by atoms with Crippen LogP contribution in [0.5, 0.6) is 0 Å². The van der Waals surface area contributed by atoms with Crippen LogP contribution in [-0.2, 0) is 19.3 Å². The number of hydrogen-bond acceptors (Lipinski definition) is 2. The second kappa shape index (κ2) is 12.6. The average Bonchev–Trinajstić information content (AvgIpc) is 4.02. The van der Waals surface area contributed by atoms with Crippen molar-refractivity contribution in [2.75, 3.05) is 0 Å². The number of hydrogen-bond donors (Lipinski definition) is 0. The summed E-state index contributed by atoms with van der Waals surface area (Å²) in [6.07, 6.45) is 20.6. The van der Waals surface area contributed by atoms with Crippen molar-refractivity contribution in [2.45, 2.75) is 50.5 Å². The quantitative estimate of drug-likeness (QED) is 0.179. The van der Waals surface area contributed by atoms with Crippen LogP contribution in [0.15, 0.2) is 158 Å². The number of para-hydroxylation sites is 5. The number of fused-ring (bicyclic) bond motifs is 19. The summed E-state index contributed by atoms with van der Waals surface area (Å²) in [5, 5.41) is 3.85. The van der Waals surface area contributed by atoms with Gasteiger partial charge in [0, 0.05) is 44.9 Å². The molecule has 5 heteroatoms. The van der Waals surface area contributed by atoms with Gasteiger partial charge in [-0.15, -0.1) is 0 Å². The van der Waals surface area contributed by atoms with Crippen molar-refractivity contribution in [2.24, 2.45) is 0 Å². The summed E-state index contributed by atoms with van der Waals surface area (Å²) in [5.41, 5.74) is 21.1. The Morgan fingerprint density at radius 3 is 2.21 bits per heavy atom. The van der Waals surface area contributed by atoms with Crippen LogP contribution in [0, 0.1) is 0 Å². The third-order valence-corrected chi connectivity index (χ3v) is 14.2. The zero-order chi connectivity index (χ0) is 39.8. The first-order chi connectivity index (χ1) is 30.2. The van der Waals surface area contributed by atoms with Crippen molar-refractivity contribution in [3.8, 4) is 39.3 Å². The second-order valence-corrected chi connectivity index (χ2v) is 17.5. The molecule has 0 amide bonds. The lowest BCUT2D eigenvalue weighted by Crippen LogP contribution is -2.22. The highest BCUT2D eigenvalue weighted by Crippen LogP contribution is 2.49. The SMILES string of the molecule is C1=CC2c3cc(-c4cc(-c5ccc6c(c5)c5c(n7c8ccccc8nc67)CCC=C5)cc(-n5c6c(c7ccccc75)CCCC6)c4)ccc3-c3nc4ccccc4n3C2C=C1. The number of aromatic nitrogens is 5. The minimum absolute atomic E-state index is 0.173. The van der Waals surface area contributed by atoms with Crippen molar-refractivity contribution in [1.29, 1.82) is 0 Å². The van der Waals surface area contributed by atoms with E-state index in [0.29, 0.717) is 0 Å². The van der Waals surface area contributed by atoms with Crippen LogP contribution in [0.25, 0.3) is 94.8 Å². The van der Waals surface area contributed by atoms with Crippen LogP contribution in [-0.4, -0.2) is 23.5 Å². The number of benzene rings is 6. The summed E-state index contributed by atoms with van der Waals surface area (Å²) < 4.78 is 7.46. The first-order valence-corrected chi connectivity index (χ1v) is 22.0. The number of pyridine rings is 1. The molecule has 0 saturated heterocycles. The Morgan fingerprint density at radius 2 is 1.31 bits per heavy atom. The van der Waals surface area contributed by atoms with Gasteiger partial charge in [-0.1, -0.05) is 97.1 Å². The standard InChI is InChI=1S/C56H41N5/c1-7-19-49-39(13-1)40-14-2-8-20-50(40)59(49)38-30-36(34-25-27-43-45(32-34)41-15-3-9-21-51(41)60-53-23-11-5-17-47(53)57-55(43)60)29-37(31-38)35-26-28-44-46(33-35)42-16-4-10-22-52(42)61-54-24-12-6-18-48(54)58-56(44)61/h1,3-7,9,11-13,15-19,21,23-33,41,51H,2,8,10,14,20,22H2. The molecule has 61 heavy (non-hydrogen) atoms. The smallest absolute Gasteiger partial charge is 0.146 e. The number of aryl methyl sites for hydroxylation is 2. The van der Waals surface area contributed by atoms with Gasteiger partial charge in [-0.3, -0.25) is 4.40 Å². The lowest BCUT2D eigenvalue weighted by molar-refractivity contribution is 0.548. The summed E-state index contributed by atoms with van der Waals surface area (Å²) in [5.74, 6) is 1.26. The predicted octanol–water partition coefficient (Wildman–Crippen LogP) is 13.5. The maximum atomic E-state index is 5.24. The first-order valence-electron chi connectivity index (χ1n) is 22.0. The summed E-state index contributed by atoms with van der Waals surface area (Å²) in [7, 11) is 0. The third-order valence-electron chi connectivity index (χ3n) is 14.2. The third kappa shape index (κ3) is 4.77. The van der Waals surface area contributed by atoms with Crippen LogP contribution in [0.1, 0.15) is 59.3 Å². The van der Waals surface area contributed by atoms with Crippen LogP contribution in [0.3, 0.4) is 0 Å². The van der Waals surface area contributed by atoms with Gasteiger partial charge in [-0.2, -0.15) is 0 Å². The Hall–Kier alpha value is -7.24. The Balaban J connectivity index is 1.01. The fourth-order valence-electron chi connectivity index (χ4n) is 11.5. The summed E-state index contributed by atoms with van der Waals surface area (Å²) in [4.78, 5) is 10.5.